The predicted molar refractivity (Wildman–Crippen MR) is 154 cm³/mol. The highest BCUT2D eigenvalue weighted by atomic mass is 16.8. The van der Waals surface area contributed by atoms with Crippen LogP contribution in [0.3, 0.4) is 0 Å². The number of carbonyl (C=O) groups is 1. The van der Waals surface area contributed by atoms with Crippen LogP contribution in [0.2, 0.25) is 0 Å². The van der Waals surface area contributed by atoms with Crippen molar-refractivity contribution in [2.24, 2.45) is 46.3 Å². The van der Waals surface area contributed by atoms with Crippen LogP contribution in [0.25, 0.3) is 0 Å². The number of hydrogen-bond donors (Lipinski definition) is 2. The summed E-state index contributed by atoms with van der Waals surface area (Å²) in [5, 5.41) is 20.9. The smallest absolute Gasteiger partial charge is 0.303 e. The molecule has 8 nitrogen and oxygen atoms in total. The number of fused-ring (bicyclic) bond motifs is 7. The van der Waals surface area contributed by atoms with E-state index in [0.717, 1.165) is 18.3 Å². The first kappa shape index (κ1) is 29.7. The van der Waals surface area contributed by atoms with Gasteiger partial charge in [0.1, 0.15) is 18.3 Å². The molecule has 1 spiro atoms. The number of carbonyl (C=O) groups excluding carboxylic acids is 1. The molecule has 8 heteroatoms. The van der Waals surface area contributed by atoms with Gasteiger partial charge in [-0.2, -0.15) is 0 Å². The fourth-order valence-electron chi connectivity index (χ4n) is 11.3. The molecule has 0 aromatic carbocycles. The lowest BCUT2D eigenvalue weighted by Gasteiger charge is -2.58. The van der Waals surface area contributed by atoms with Crippen LogP contribution in [0.5, 0.6) is 0 Å². The highest BCUT2D eigenvalue weighted by Crippen LogP contribution is 2.70. The average Bonchev–Trinajstić information content (AvgIpc) is 3.40. The minimum absolute atomic E-state index is 0.0984. The van der Waals surface area contributed by atoms with Gasteiger partial charge in [-0.15, -0.1) is 0 Å². The summed E-state index contributed by atoms with van der Waals surface area (Å²) < 4.78 is 31.7. The second-order valence-corrected chi connectivity index (χ2v) is 15.5. The molecule has 0 bridgehead atoms. The van der Waals surface area contributed by atoms with Gasteiger partial charge in [0.05, 0.1) is 19.3 Å². The average molecular weight is 589 g/mol. The molecule has 0 aromatic rings. The summed E-state index contributed by atoms with van der Waals surface area (Å²) in [7, 11) is 0. The Bertz CT molecular complexity index is 1090. The largest absolute Gasteiger partial charge is 0.454 e. The van der Waals surface area contributed by atoms with Gasteiger partial charge in [-0.1, -0.05) is 45.8 Å². The van der Waals surface area contributed by atoms with Gasteiger partial charge in [0, 0.05) is 12.8 Å². The summed E-state index contributed by atoms with van der Waals surface area (Å²) in [6.45, 7) is 11.3. The van der Waals surface area contributed by atoms with Gasteiger partial charge >= 0.3 is 5.97 Å². The first-order valence-electron chi connectivity index (χ1n) is 16.8. The summed E-state index contributed by atoms with van der Waals surface area (Å²) in [4.78, 5) is 11.9. The molecular weight excluding hydrogens is 536 g/mol. The van der Waals surface area contributed by atoms with Crippen molar-refractivity contribution in [2.75, 3.05) is 13.2 Å². The molecule has 2 N–H and O–H groups in total. The van der Waals surface area contributed by atoms with E-state index in [1.807, 2.05) is 0 Å². The van der Waals surface area contributed by atoms with Crippen molar-refractivity contribution in [1.82, 2.24) is 0 Å². The first-order chi connectivity index (χ1) is 20.0. The lowest BCUT2D eigenvalue weighted by atomic mass is 9.47. The summed E-state index contributed by atoms with van der Waals surface area (Å²) in [5.41, 5.74) is 2.32. The number of rotatable bonds is 3. The molecule has 236 valence electrons. The molecule has 6 fully saturated rings. The SMILES string of the molecule is CC(=O)O[C@H]1[C@H](O[C@H]2C[C@@H](C)CO[C@@]23O[C@H]2C[C@H]4[C@@H]5CC=C6CCCC[C@]6(C)[C@H]5CC[C@]4(C)[C@H]2[C@@H]3C)OC[C@H](O)[C@H]1O. The summed E-state index contributed by atoms with van der Waals surface area (Å²) in [6, 6.07) is 0. The van der Waals surface area contributed by atoms with E-state index in [-0.39, 0.29) is 30.0 Å². The molecule has 7 rings (SSSR count). The van der Waals surface area contributed by atoms with E-state index in [0.29, 0.717) is 30.3 Å². The molecule has 0 aromatic heterocycles. The molecule has 3 aliphatic heterocycles. The summed E-state index contributed by atoms with van der Waals surface area (Å²) in [5.74, 6) is 1.40. The Morgan fingerprint density at radius 3 is 2.67 bits per heavy atom. The Hall–Kier alpha value is -1.03. The van der Waals surface area contributed by atoms with Gasteiger partial charge in [-0.3, -0.25) is 4.79 Å². The van der Waals surface area contributed by atoms with Crippen molar-refractivity contribution in [2.45, 2.75) is 135 Å². The van der Waals surface area contributed by atoms with E-state index in [1.165, 1.54) is 51.9 Å². The second-order valence-electron chi connectivity index (χ2n) is 15.5. The highest BCUT2D eigenvalue weighted by molar-refractivity contribution is 5.66. The standard InChI is InChI=1S/C34H52O8/c1-18-14-27(41-31-30(40-20(3)35)29(37)25(36)17-38-31)34(39-16-18)19(2)28-26(42-34)15-24-22-10-9-21-8-6-7-12-32(21,4)23(22)11-13-33(24,28)5/h9,18-19,22-31,36-37H,6-8,10-17H2,1-5H3/t18-,19+,22-,23+,24+,25+,26+,27+,28+,29-,30-,31+,32+,33+,34+/m1/s1. The first-order valence-corrected chi connectivity index (χ1v) is 16.8. The fraction of sp³-hybridized carbons (Fsp3) is 0.912. The molecule has 0 radical (unpaired) electrons. The summed E-state index contributed by atoms with van der Waals surface area (Å²) in [6.07, 6.45) is 8.61. The van der Waals surface area contributed by atoms with Gasteiger partial charge in [-0.25, -0.2) is 0 Å². The Morgan fingerprint density at radius 1 is 1.07 bits per heavy atom. The Kier molecular flexibility index (Phi) is 7.43. The molecule has 15 atom stereocenters. The highest BCUT2D eigenvalue weighted by Gasteiger charge is 2.71. The van der Waals surface area contributed by atoms with Crippen LogP contribution in [0.1, 0.15) is 92.4 Å². The normalized spacial score (nSPS) is 55.3. The van der Waals surface area contributed by atoms with Crippen molar-refractivity contribution < 1.29 is 38.7 Å². The molecule has 0 amide bonds. The third kappa shape index (κ3) is 4.33. The number of allylic oxidation sites excluding steroid dienone is 2. The zero-order valence-corrected chi connectivity index (χ0v) is 26.1. The van der Waals surface area contributed by atoms with E-state index >= 15 is 0 Å². The van der Waals surface area contributed by atoms with Gasteiger partial charge in [0.2, 0.25) is 0 Å². The molecular formula is C34H52O8. The Balaban J connectivity index is 1.14. The van der Waals surface area contributed by atoms with Gasteiger partial charge < -0.3 is 33.9 Å². The third-order valence-corrected chi connectivity index (χ3v) is 13.3. The third-order valence-electron chi connectivity index (χ3n) is 13.3. The van der Waals surface area contributed by atoms with Crippen LogP contribution in [-0.4, -0.2) is 72.0 Å². The number of hydrogen-bond acceptors (Lipinski definition) is 8. The zero-order valence-electron chi connectivity index (χ0n) is 26.1. The van der Waals surface area contributed by atoms with E-state index in [9.17, 15) is 15.0 Å². The fourth-order valence-corrected chi connectivity index (χ4v) is 11.3. The lowest BCUT2D eigenvalue weighted by Crippen LogP contribution is -2.61. The molecule has 0 unspecified atom stereocenters. The van der Waals surface area contributed by atoms with Crippen LogP contribution >= 0.6 is 0 Å². The van der Waals surface area contributed by atoms with Gasteiger partial charge in [-0.05, 0) is 91.8 Å². The molecule has 3 saturated heterocycles. The molecule has 3 heterocycles. The van der Waals surface area contributed by atoms with E-state index in [4.69, 9.17) is 23.7 Å². The number of aliphatic hydroxyl groups is 2. The lowest BCUT2D eigenvalue weighted by molar-refractivity contribution is -0.366. The molecule has 7 aliphatic rings. The number of aliphatic hydroxyl groups excluding tert-OH is 2. The maximum absolute atomic E-state index is 11.9. The maximum Gasteiger partial charge on any atom is 0.303 e. The van der Waals surface area contributed by atoms with Crippen LogP contribution in [0.15, 0.2) is 11.6 Å². The van der Waals surface area contributed by atoms with Crippen LogP contribution < -0.4 is 0 Å². The van der Waals surface area contributed by atoms with E-state index in [1.54, 1.807) is 5.57 Å². The van der Waals surface area contributed by atoms with Crippen molar-refractivity contribution in [3.8, 4) is 0 Å². The maximum atomic E-state index is 11.9. The van der Waals surface area contributed by atoms with Gasteiger partial charge in [0.15, 0.2) is 18.2 Å². The topological polar surface area (TPSA) is 104 Å². The van der Waals surface area contributed by atoms with Crippen LogP contribution in [-0.2, 0) is 28.5 Å². The zero-order chi connectivity index (χ0) is 29.6. The van der Waals surface area contributed by atoms with E-state index < -0.39 is 42.5 Å². The minimum atomic E-state index is -1.29. The van der Waals surface area contributed by atoms with Gasteiger partial charge in [0.25, 0.3) is 0 Å². The Morgan fingerprint density at radius 2 is 1.88 bits per heavy atom. The molecule has 42 heavy (non-hydrogen) atoms. The van der Waals surface area contributed by atoms with Crippen molar-refractivity contribution in [3.05, 3.63) is 11.6 Å². The van der Waals surface area contributed by atoms with Crippen LogP contribution in [0, 0.1) is 46.3 Å². The summed E-state index contributed by atoms with van der Waals surface area (Å²) >= 11 is 0. The predicted octanol–water partition coefficient (Wildman–Crippen LogP) is 4.75. The van der Waals surface area contributed by atoms with E-state index in [2.05, 4.69) is 33.8 Å². The molecule has 4 aliphatic carbocycles. The number of ether oxygens (including phenoxy) is 5. The molecule has 3 saturated carbocycles. The second kappa shape index (κ2) is 10.5. The Labute approximate surface area is 250 Å². The number of esters is 1. The van der Waals surface area contributed by atoms with Crippen molar-refractivity contribution >= 4 is 5.97 Å². The quantitative estimate of drug-likeness (QED) is 0.360. The minimum Gasteiger partial charge on any atom is -0.454 e. The van der Waals surface area contributed by atoms with Crippen molar-refractivity contribution in [3.63, 3.8) is 0 Å². The van der Waals surface area contributed by atoms with Crippen LogP contribution in [0.4, 0.5) is 0 Å². The van der Waals surface area contributed by atoms with Crippen molar-refractivity contribution in [1.29, 1.82) is 0 Å². The monoisotopic (exact) mass is 588 g/mol.